The second kappa shape index (κ2) is 6.80. The van der Waals surface area contributed by atoms with Crippen LogP contribution < -0.4 is 5.32 Å². The van der Waals surface area contributed by atoms with Crippen LogP contribution in [0.3, 0.4) is 0 Å². The summed E-state index contributed by atoms with van der Waals surface area (Å²) >= 11 is 4.52. The van der Waals surface area contributed by atoms with E-state index in [2.05, 4.69) is 21.2 Å². The Hall–Kier alpha value is -1.01. The smallest absolute Gasteiger partial charge is 0.336 e. The molecule has 0 fully saturated rings. The molecule has 0 saturated heterocycles. The van der Waals surface area contributed by atoms with Crippen molar-refractivity contribution in [3.05, 3.63) is 28.2 Å². The molecule has 0 aliphatic heterocycles. The number of hydrogen-bond acceptors (Lipinski definition) is 3. The molecule has 0 radical (unpaired) electrons. The van der Waals surface area contributed by atoms with Crippen LogP contribution in [0.1, 0.15) is 24.2 Å². The standard InChI is InChI=1S/C12H14BrNO3S/c1-3-14-11(15)7(2)18-8-4-5-10(13)9(6-8)12(16)17/h4-7H,3H2,1-2H3,(H,14,15)(H,16,17). The van der Waals surface area contributed by atoms with Crippen molar-refractivity contribution >= 4 is 39.6 Å². The van der Waals surface area contributed by atoms with Crippen molar-refractivity contribution in [1.29, 1.82) is 0 Å². The zero-order valence-corrected chi connectivity index (χ0v) is 12.5. The number of benzene rings is 1. The molecule has 0 spiro atoms. The summed E-state index contributed by atoms with van der Waals surface area (Å²) in [5, 5.41) is 11.5. The van der Waals surface area contributed by atoms with Gasteiger partial charge in [0.2, 0.25) is 5.91 Å². The van der Waals surface area contributed by atoms with E-state index in [1.165, 1.54) is 11.8 Å². The van der Waals surface area contributed by atoms with Crippen LogP contribution in [0.4, 0.5) is 0 Å². The Labute approximate surface area is 118 Å². The lowest BCUT2D eigenvalue weighted by Gasteiger charge is -2.11. The van der Waals surface area contributed by atoms with Gasteiger partial charge in [-0.3, -0.25) is 4.79 Å². The van der Waals surface area contributed by atoms with Gasteiger partial charge in [-0.25, -0.2) is 4.79 Å². The first-order valence-electron chi connectivity index (χ1n) is 5.43. The molecule has 1 aromatic carbocycles. The van der Waals surface area contributed by atoms with E-state index in [0.717, 1.165) is 4.90 Å². The van der Waals surface area contributed by atoms with Crippen LogP contribution >= 0.6 is 27.7 Å². The van der Waals surface area contributed by atoms with Gasteiger partial charge in [-0.05, 0) is 48.0 Å². The van der Waals surface area contributed by atoms with Crippen LogP contribution in [0.15, 0.2) is 27.6 Å². The van der Waals surface area contributed by atoms with Crippen LogP contribution in [0.25, 0.3) is 0 Å². The van der Waals surface area contributed by atoms with Gasteiger partial charge in [-0.1, -0.05) is 0 Å². The highest BCUT2D eigenvalue weighted by Gasteiger charge is 2.15. The van der Waals surface area contributed by atoms with Gasteiger partial charge in [-0.2, -0.15) is 0 Å². The van der Waals surface area contributed by atoms with Crippen molar-refractivity contribution in [2.24, 2.45) is 0 Å². The Morgan fingerprint density at radius 3 is 2.72 bits per heavy atom. The quantitative estimate of drug-likeness (QED) is 0.814. The Morgan fingerprint density at radius 1 is 1.50 bits per heavy atom. The van der Waals surface area contributed by atoms with Crippen molar-refractivity contribution in [3.8, 4) is 0 Å². The van der Waals surface area contributed by atoms with Gasteiger partial charge in [0.05, 0.1) is 10.8 Å². The Kier molecular flexibility index (Phi) is 5.68. The van der Waals surface area contributed by atoms with Gasteiger partial charge in [0.25, 0.3) is 0 Å². The van der Waals surface area contributed by atoms with Crippen molar-refractivity contribution in [2.45, 2.75) is 24.0 Å². The topological polar surface area (TPSA) is 66.4 Å². The number of thioether (sulfide) groups is 1. The van der Waals surface area contributed by atoms with Crippen molar-refractivity contribution in [2.75, 3.05) is 6.54 Å². The Morgan fingerprint density at radius 2 is 2.17 bits per heavy atom. The molecule has 1 unspecified atom stereocenters. The highest BCUT2D eigenvalue weighted by molar-refractivity contribution is 9.10. The number of carboxylic acid groups (broad SMARTS) is 1. The summed E-state index contributed by atoms with van der Waals surface area (Å²) in [4.78, 5) is 23.3. The van der Waals surface area contributed by atoms with Gasteiger partial charge in [0, 0.05) is 15.9 Å². The maximum Gasteiger partial charge on any atom is 0.336 e. The van der Waals surface area contributed by atoms with Crippen molar-refractivity contribution in [1.82, 2.24) is 5.32 Å². The molecular formula is C12H14BrNO3S. The molecule has 1 aromatic rings. The number of nitrogens with one attached hydrogen (secondary N) is 1. The van der Waals surface area contributed by atoms with Crippen LogP contribution in [-0.2, 0) is 4.79 Å². The molecule has 1 amide bonds. The third-order valence-electron chi connectivity index (χ3n) is 2.20. The van der Waals surface area contributed by atoms with Crippen molar-refractivity contribution in [3.63, 3.8) is 0 Å². The molecule has 18 heavy (non-hydrogen) atoms. The molecule has 1 atom stereocenters. The van der Waals surface area contributed by atoms with Crippen molar-refractivity contribution < 1.29 is 14.7 Å². The van der Waals surface area contributed by atoms with E-state index >= 15 is 0 Å². The zero-order valence-electron chi connectivity index (χ0n) is 10.1. The lowest BCUT2D eigenvalue weighted by atomic mass is 10.2. The number of amides is 1. The van der Waals surface area contributed by atoms with Crippen LogP contribution in [0, 0.1) is 0 Å². The maximum absolute atomic E-state index is 11.6. The van der Waals surface area contributed by atoms with E-state index in [9.17, 15) is 9.59 Å². The van der Waals surface area contributed by atoms with Crippen LogP contribution in [-0.4, -0.2) is 28.8 Å². The van der Waals surface area contributed by atoms with Gasteiger partial charge in [0.1, 0.15) is 0 Å². The van der Waals surface area contributed by atoms with Gasteiger partial charge in [-0.15, -0.1) is 11.8 Å². The van der Waals surface area contributed by atoms with E-state index in [1.807, 2.05) is 6.92 Å². The second-order valence-corrected chi connectivity index (χ2v) is 5.87. The monoisotopic (exact) mass is 331 g/mol. The van der Waals surface area contributed by atoms with E-state index in [0.29, 0.717) is 11.0 Å². The van der Waals surface area contributed by atoms with Crippen LogP contribution in [0.2, 0.25) is 0 Å². The summed E-state index contributed by atoms with van der Waals surface area (Å²) in [6.07, 6.45) is 0. The largest absolute Gasteiger partial charge is 0.478 e. The molecule has 4 nitrogen and oxygen atoms in total. The number of hydrogen-bond donors (Lipinski definition) is 2. The second-order valence-electron chi connectivity index (χ2n) is 3.60. The number of aromatic carboxylic acids is 1. The molecule has 1 rings (SSSR count). The average molecular weight is 332 g/mol. The summed E-state index contributed by atoms with van der Waals surface area (Å²) < 4.78 is 0.532. The predicted molar refractivity (Wildman–Crippen MR) is 75.1 cm³/mol. The molecule has 98 valence electrons. The van der Waals surface area contributed by atoms with Gasteiger partial charge < -0.3 is 10.4 Å². The summed E-state index contributed by atoms with van der Waals surface area (Å²) in [7, 11) is 0. The van der Waals surface area contributed by atoms with E-state index in [1.54, 1.807) is 25.1 Å². The highest BCUT2D eigenvalue weighted by atomic mass is 79.9. The normalized spacial score (nSPS) is 11.9. The number of carboxylic acids is 1. The van der Waals surface area contributed by atoms with E-state index in [4.69, 9.17) is 5.11 Å². The van der Waals surface area contributed by atoms with E-state index in [-0.39, 0.29) is 16.7 Å². The average Bonchev–Trinajstić information content (AvgIpc) is 2.31. The number of rotatable bonds is 5. The van der Waals surface area contributed by atoms with Gasteiger partial charge >= 0.3 is 5.97 Å². The Balaban J connectivity index is 2.82. The summed E-state index contributed by atoms with van der Waals surface area (Å²) in [5.74, 6) is -1.04. The Bertz CT molecular complexity index is 465. The predicted octanol–water partition coefficient (Wildman–Crippen LogP) is 2.76. The molecule has 2 N–H and O–H groups in total. The third-order valence-corrected chi connectivity index (χ3v) is 3.99. The van der Waals surface area contributed by atoms with E-state index < -0.39 is 5.97 Å². The molecular weight excluding hydrogens is 318 g/mol. The number of carbonyl (C=O) groups is 2. The molecule has 0 saturated carbocycles. The first-order chi connectivity index (χ1) is 8.45. The SMILES string of the molecule is CCNC(=O)C(C)Sc1ccc(Br)c(C(=O)O)c1. The summed E-state index contributed by atoms with van der Waals surface area (Å²) in [6.45, 7) is 4.24. The minimum absolute atomic E-state index is 0.0534. The molecule has 0 heterocycles. The van der Waals surface area contributed by atoms with Gasteiger partial charge in [0.15, 0.2) is 0 Å². The molecule has 0 aliphatic rings. The molecule has 0 aromatic heterocycles. The highest BCUT2D eigenvalue weighted by Crippen LogP contribution is 2.27. The molecule has 0 aliphatic carbocycles. The number of carbonyl (C=O) groups excluding carboxylic acids is 1. The first kappa shape index (κ1) is 15.0. The first-order valence-corrected chi connectivity index (χ1v) is 7.10. The fourth-order valence-electron chi connectivity index (χ4n) is 1.32. The fraction of sp³-hybridized carbons (Fsp3) is 0.333. The maximum atomic E-state index is 11.6. The lowest BCUT2D eigenvalue weighted by molar-refractivity contribution is -0.120. The molecule has 6 heteroatoms. The molecule has 0 bridgehead atoms. The number of halogens is 1. The minimum atomic E-state index is -0.991. The summed E-state index contributed by atoms with van der Waals surface area (Å²) in [5.41, 5.74) is 0.197. The fourth-order valence-corrected chi connectivity index (χ4v) is 2.66. The van der Waals surface area contributed by atoms with Crippen LogP contribution in [0.5, 0.6) is 0 Å². The minimum Gasteiger partial charge on any atom is -0.478 e. The zero-order chi connectivity index (χ0) is 13.7. The summed E-state index contributed by atoms with van der Waals surface area (Å²) in [6, 6.07) is 5.03. The lowest BCUT2D eigenvalue weighted by Crippen LogP contribution is -2.30. The third kappa shape index (κ3) is 4.03.